The van der Waals surface area contributed by atoms with Crippen LogP contribution in [-0.2, 0) is 37.4 Å². The van der Waals surface area contributed by atoms with Gasteiger partial charge in [0, 0.05) is 0 Å². The highest BCUT2D eigenvalue weighted by Gasteiger charge is 2.34. The van der Waals surface area contributed by atoms with Crippen molar-refractivity contribution < 1.29 is 54.4 Å². The number of carbonyl (C=O) groups excluding carboxylic acids is 2. The number of rotatable bonds is 8. The van der Waals surface area contributed by atoms with E-state index in [0.717, 1.165) is 0 Å². The van der Waals surface area contributed by atoms with Crippen molar-refractivity contribution in [1.29, 1.82) is 0 Å². The monoisotopic (exact) mass is 378 g/mol. The van der Waals surface area contributed by atoms with Crippen molar-refractivity contribution in [3.63, 3.8) is 0 Å². The van der Waals surface area contributed by atoms with Gasteiger partial charge in [0.2, 0.25) is 0 Å². The first-order chi connectivity index (χ1) is 10.7. The third-order valence-corrected chi connectivity index (χ3v) is 5.87. The maximum atomic E-state index is 11.6. The van der Waals surface area contributed by atoms with E-state index in [9.17, 15) is 27.1 Å². The molecular formula is C9H14O12S2. The molecule has 23 heavy (non-hydrogen) atoms. The average Bonchev–Trinajstić information content (AvgIpc) is 3.02. The Morgan fingerprint density at radius 1 is 0.957 bits per heavy atom. The van der Waals surface area contributed by atoms with Crippen LogP contribution in [0.1, 0.15) is 0 Å². The molecule has 2 rings (SSSR count). The molecule has 2 aliphatic heterocycles. The molecule has 0 aromatic heterocycles. The van der Waals surface area contributed by atoms with Gasteiger partial charge in [0.25, 0.3) is 10.1 Å². The average molecular weight is 378 g/mol. The SMILES string of the molecule is O=C1OCC(COS(O)(O)CS(=O)(=O)OCC2COC(=O)O2)O1. The van der Waals surface area contributed by atoms with Gasteiger partial charge in [-0.05, 0) is 0 Å². The van der Waals surface area contributed by atoms with Crippen LogP contribution < -0.4 is 0 Å². The van der Waals surface area contributed by atoms with Crippen molar-refractivity contribution in [3.05, 3.63) is 0 Å². The fourth-order valence-corrected chi connectivity index (χ4v) is 4.29. The second kappa shape index (κ2) is 7.06. The summed E-state index contributed by atoms with van der Waals surface area (Å²) in [6.45, 7) is -1.31. The molecule has 14 heteroatoms. The number of hydrogen-bond acceptors (Lipinski definition) is 12. The molecule has 0 bridgehead atoms. The van der Waals surface area contributed by atoms with Crippen LogP contribution in [0.3, 0.4) is 0 Å². The Balaban J connectivity index is 1.75. The fourth-order valence-electron chi connectivity index (χ4n) is 1.51. The third-order valence-electron chi connectivity index (χ3n) is 2.47. The first-order valence-corrected chi connectivity index (χ1v) is 9.31. The zero-order valence-electron chi connectivity index (χ0n) is 11.5. The smallest absolute Gasteiger partial charge is 0.430 e. The van der Waals surface area contributed by atoms with Gasteiger partial charge in [-0.3, -0.25) is 8.37 Å². The summed E-state index contributed by atoms with van der Waals surface area (Å²) < 4.78 is 69.6. The molecule has 0 saturated carbocycles. The molecule has 2 heterocycles. The number of cyclic esters (lactones) is 4. The molecule has 0 aromatic rings. The Morgan fingerprint density at radius 3 is 1.87 bits per heavy atom. The summed E-state index contributed by atoms with van der Waals surface area (Å²) >= 11 is 0. The molecule has 2 N–H and O–H groups in total. The van der Waals surface area contributed by atoms with Gasteiger partial charge >= 0.3 is 12.3 Å². The Bertz CT molecular complexity index is 557. The van der Waals surface area contributed by atoms with Crippen LogP contribution in [0.25, 0.3) is 0 Å². The molecule has 2 unspecified atom stereocenters. The number of carbonyl (C=O) groups is 2. The first-order valence-electron chi connectivity index (χ1n) is 6.09. The highest BCUT2D eigenvalue weighted by atomic mass is 32.3. The molecule has 0 aliphatic carbocycles. The molecule has 134 valence electrons. The zero-order chi connectivity index (χ0) is 17.1. The Morgan fingerprint density at radius 2 is 1.43 bits per heavy atom. The van der Waals surface area contributed by atoms with E-state index in [1.165, 1.54) is 0 Å². The molecular weight excluding hydrogens is 364 g/mol. The van der Waals surface area contributed by atoms with Gasteiger partial charge in [-0.1, -0.05) is 0 Å². The topological polar surface area (TPSA) is 164 Å². The molecule has 0 spiro atoms. The summed E-state index contributed by atoms with van der Waals surface area (Å²) in [4.78, 5) is 21.3. The Kier molecular flexibility index (Phi) is 5.53. The summed E-state index contributed by atoms with van der Waals surface area (Å²) in [6, 6.07) is 0. The van der Waals surface area contributed by atoms with E-state index in [0.29, 0.717) is 0 Å². The second-order valence-corrected chi connectivity index (χ2v) is 8.20. The van der Waals surface area contributed by atoms with E-state index in [1.807, 2.05) is 0 Å². The zero-order valence-corrected chi connectivity index (χ0v) is 13.1. The minimum Gasteiger partial charge on any atom is -0.430 e. The van der Waals surface area contributed by atoms with Crippen molar-refractivity contribution >= 4 is 33.3 Å². The molecule has 0 amide bonds. The van der Waals surface area contributed by atoms with Crippen molar-refractivity contribution in [2.45, 2.75) is 12.2 Å². The summed E-state index contributed by atoms with van der Waals surface area (Å²) in [5.41, 5.74) is 0. The van der Waals surface area contributed by atoms with E-state index in [4.69, 9.17) is 0 Å². The van der Waals surface area contributed by atoms with E-state index in [-0.39, 0.29) is 13.2 Å². The van der Waals surface area contributed by atoms with E-state index < -0.39 is 63.8 Å². The third kappa shape index (κ3) is 6.00. The van der Waals surface area contributed by atoms with Crippen molar-refractivity contribution in [3.8, 4) is 0 Å². The van der Waals surface area contributed by atoms with Crippen LogP contribution in [0.4, 0.5) is 9.59 Å². The summed E-state index contributed by atoms with van der Waals surface area (Å²) in [5.74, 6) is 0. The molecule has 0 aromatic carbocycles. The van der Waals surface area contributed by atoms with E-state index >= 15 is 0 Å². The standard InChI is InChI=1S/C9H14O12S2/c10-8-16-1-6(20-8)3-18-22(12,13)5-23(14,15)19-4-7-2-17-9(11)21-7/h6-7,12-13H,1-5H2. The lowest BCUT2D eigenvalue weighted by Crippen LogP contribution is -2.26. The van der Waals surface area contributed by atoms with Crippen LogP contribution in [0, 0.1) is 0 Å². The van der Waals surface area contributed by atoms with Crippen LogP contribution >= 0.6 is 10.9 Å². The van der Waals surface area contributed by atoms with Crippen LogP contribution in [0.15, 0.2) is 0 Å². The van der Waals surface area contributed by atoms with Crippen molar-refractivity contribution in [2.24, 2.45) is 0 Å². The second-order valence-electron chi connectivity index (χ2n) is 4.45. The van der Waals surface area contributed by atoms with E-state index in [1.54, 1.807) is 0 Å². The first kappa shape index (κ1) is 18.0. The predicted molar refractivity (Wildman–Crippen MR) is 71.0 cm³/mol. The molecule has 12 nitrogen and oxygen atoms in total. The molecule has 0 radical (unpaired) electrons. The van der Waals surface area contributed by atoms with Crippen LogP contribution in [0.2, 0.25) is 0 Å². The number of hydrogen-bond donors (Lipinski definition) is 2. The normalized spacial score (nSPS) is 25.5. The van der Waals surface area contributed by atoms with Crippen LogP contribution in [0.5, 0.6) is 0 Å². The fraction of sp³-hybridized carbons (Fsp3) is 0.778. The van der Waals surface area contributed by atoms with Gasteiger partial charge < -0.3 is 28.1 Å². The quantitative estimate of drug-likeness (QED) is 0.431. The van der Waals surface area contributed by atoms with Gasteiger partial charge in [-0.25, -0.2) is 9.59 Å². The highest BCUT2D eigenvalue weighted by molar-refractivity contribution is 8.26. The Hall–Kier alpha value is -1.32. The molecule has 2 aliphatic rings. The number of ether oxygens (including phenoxy) is 4. The highest BCUT2D eigenvalue weighted by Crippen LogP contribution is 2.41. The van der Waals surface area contributed by atoms with Crippen molar-refractivity contribution in [1.82, 2.24) is 0 Å². The molecule has 2 fully saturated rings. The maximum absolute atomic E-state index is 11.6. The lowest BCUT2D eigenvalue weighted by atomic mass is 10.4. The largest absolute Gasteiger partial charge is 0.508 e. The summed E-state index contributed by atoms with van der Waals surface area (Å²) in [6.07, 6.45) is -3.65. The summed E-state index contributed by atoms with van der Waals surface area (Å²) in [5, 5.41) is -1.23. The van der Waals surface area contributed by atoms with Crippen molar-refractivity contribution in [2.75, 3.05) is 31.5 Å². The van der Waals surface area contributed by atoms with Gasteiger partial charge in [0.1, 0.15) is 37.3 Å². The molecule has 2 atom stereocenters. The minimum absolute atomic E-state index is 0.148. The van der Waals surface area contributed by atoms with Gasteiger partial charge in [-0.15, -0.1) is 0 Å². The lowest BCUT2D eigenvalue weighted by Gasteiger charge is -2.26. The van der Waals surface area contributed by atoms with Gasteiger partial charge in [-0.2, -0.15) is 8.42 Å². The lowest BCUT2D eigenvalue weighted by molar-refractivity contribution is 0.0951. The van der Waals surface area contributed by atoms with E-state index in [2.05, 4.69) is 27.3 Å². The maximum Gasteiger partial charge on any atom is 0.508 e. The van der Waals surface area contributed by atoms with Gasteiger partial charge in [0.05, 0.1) is 0 Å². The minimum atomic E-state index is -4.37. The summed E-state index contributed by atoms with van der Waals surface area (Å²) in [7, 11) is -8.37. The van der Waals surface area contributed by atoms with Gasteiger partial charge in [0.15, 0.2) is 17.3 Å². The Labute approximate surface area is 132 Å². The molecule has 2 saturated heterocycles. The van der Waals surface area contributed by atoms with Crippen LogP contribution in [-0.4, -0.2) is 73.6 Å². The predicted octanol–water partition coefficient (Wildman–Crippen LogP) is 0.0433.